The monoisotopic (exact) mass is 270 g/mol. The molecule has 0 aliphatic rings. The fourth-order valence-electron chi connectivity index (χ4n) is 1.18. The molecule has 0 saturated heterocycles. The predicted molar refractivity (Wildman–Crippen MR) is 63.7 cm³/mol. The number of benzene rings is 1. The summed E-state index contributed by atoms with van der Waals surface area (Å²) in [6.07, 6.45) is 0.222. The molecule has 0 heterocycles. The SMILES string of the molecule is CCC(=O)C(C)OCc1ccc(Br)cc1. The predicted octanol–water partition coefficient (Wildman–Crippen LogP) is 3.33. The zero-order chi connectivity index (χ0) is 11.3. The standard InChI is InChI=1S/C12H15BrO2/c1-3-12(14)9(2)15-8-10-4-6-11(13)7-5-10/h4-7,9H,3,8H2,1-2H3. The Morgan fingerprint density at radius 1 is 1.40 bits per heavy atom. The Kier molecular flexibility index (Phi) is 4.99. The van der Waals surface area contributed by atoms with Gasteiger partial charge in [-0.3, -0.25) is 4.79 Å². The number of rotatable bonds is 5. The third-order valence-corrected chi connectivity index (χ3v) is 2.74. The van der Waals surface area contributed by atoms with Crippen LogP contribution in [0.1, 0.15) is 25.8 Å². The van der Waals surface area contributed by atoms with Gasteiger partial charge in [-0.2, -0.15) is 0 Å². The molecule has 0 spiro atoms. The van der Waals surface area contributed by atoms with Crippen LogP contribution in [0.3, 0.4) is 0 Å². The molecule has 1 atom stereocenters. The highest BCUT2D eigenvalue weighted by Crippen LogP contribution is 2.12. The zero-order valence-corrected chi connectivity index (χ0v) is 10.6. The maximum atomic E-state index is 11.3. The van der Waals surface area contributed by atoms with E-state index in [4.69, 9.17) is 4.74 Å². The Labute approximate surface area is 98.8 Å². The van der Waals surface area contributed by atoms with Crippen molar-refractivity contribution in [1.29, 1.82) is 0 Å². The van der Waals surface area contributed by atoms with Crippen molar-refractivity contribution in [3.8, 4) is 0 Å². The van der Waals surface area contributed by atoms with E-state index in [0.29, 0.717) is 13.0 Å². The second-order valence-corrected chi connectivity index (χ2v) is 4.32. The second-order valence-electron chi connectivity index (χ2n) is 3.40. The van der Waals surface area contributed by atoms with E-state index in [0.717, 1.165) is 10.0 Å². The number of hydrogen-bond acceptors (Lipinski definition) is 2. The summed E-state index contributed by atoms with van der Waals surface area (Å²) >= 11 is 3.36. The molecule has 1 unspecified atom stereocenters. The van der Waals surface area contributed by atoms with Crippen LogP contribution in [0.4, 0.5) is 0 Å². The number of ketones is 1. The first-order chi connectivity index (χ1) is 7.13. The largest absolute Gasteiger partial charge is 0.366 e. The summed E-state index contributed by atoms with van der Waals surface area (Å²) in [4.78, 5) is 11.3. The molecule has 0 saturated carbocycles. The molecule has 15 heavy (non-hydrogen) atoms. The van der Waals surface area contributed by atoms with Gasteiger partial charge in [-0.25, -0.2) is 0 Å². The van der Waals surface area contributed by atoms with Crippen LogP contribution >= 0.6 is 15.9 Å². The maximum absolute atomic E-state index is 11.3. The smallest absolute Gasteiger partial charge is 0.161 e. The molecule has 3 heteroatoms. The summed E-state index contributed by atoms with van der Waals surface area (Å²) in [7, 11) is 0. The number of halogens is 1. The van der Waals surface area contributed by atoms with Crippen LogP contribution in [0.2, 0.25) is 0 Å². The molecule has 1 rings (SSSR count). The Bertz CT molecular complexity index is 319. The molecule has 0 bridgehead atoms. The Balaban J connectivity index is 2.43. The van der Waals surface area contributed by atoms with Crippen molar-refractivity contribution < 1.29 is 9.53 Å². The van der Waals surface area contributed by atoms with E-state index >= 15 is 0 Å². The van der Waals surface area contributed by atoms with E-state index in [1.807, 2.05) is 31.2 Å². The Morgan fingerprint density at radius 2 is 2.00 bits per heavy atom. The van der Waals surface area contributed by atoms with E-state index in [1.165, 1.54) is 0 Å². The minimum atomic E-state index is -0.307. The zero-order valence-electron chi connectivity index (χ0n) is 9.00. The van der Waals surface area contributed by atoms with Crippen molar-refractivity contribution in [3.63, 3.8) is 0 Å². The van der Waals surface area contributed by atoms with Crippen LogP contribution in [-0.2, 0) is 16.1 Å². The first-order valence-corrected chi connectivity index (χ1v) is 5.81. The lowest BCUT2D eigenvalue weighted by Crippen LogP contribution is -2.19. The molecule has 1 aromatic rings. The van der Waals surface area contributed by atoms with Crippen LogP contribution in [-0.4, -0.2) is 11.9 Å². The number of ether oxygens (including phenoxy) is 1. The molecule has 0 aliphatic heterocycles. The molecular weight excluding hydrogens is 256 g/mol. The van der Waals surface area contributed by atoms with E-state index in [9.17, 15) is 4.79 Å². The molecule has 0 N–H and O–H groups in total. The molecule has 1 aromatic carbocycles. The fourth-order valence-corrected chi connectivity index (χ4v) is 1.45. The molecule has 0 amide bonds. The number of carbonyl (C=O) groups excluding carboxylic acids is 1. The fraction of sp³-hybridized carbons (Fsp3) is 0.417. The quantitative estimate of drug-likeness (QED) is 0.821. The minimum absolute atomic E-state index is 0.145. The molecule has 0 radical (unpaired) electrons. The van der Waals surface area contributed by atoms with Gasteiger partial charge in [0, 0.05) is 10.9 Å². The highest BCUT2D eigenvalue weighted by Gasteiger charge is 2.10. The summed E-state index contributed by atoms with van der Waals surface area (Å²) < 4.78 is 6.50. The van der Waals surface area contributed by atoms with Crippen LogP contribution in [0.25, 0.3) is 0 Å². The summed E-state index contributed by atoms with van der Waals surface area (Å²) in [5.41, 5.74) is 1.08. The maximum Gasteiger partial charge on any atom is 0.161 e. The molecular formula is C12H15BrO2. The van der Waals surface area contributed by atoms with Crippen LogP contribution < -0.4 is 0 Å². The van der Waals surface area contributed by atoms with Crippen LogP contribution in [0, 0.1) is 0 Å². The minimum Gasteiger partial charge on any atom is -0.366 e. The number of carbonyl (C=O) groups is 1. The normalized spacial score (nSPS) is 12.5. The number of Topliss-reactive ketones (excluding diaryl/α,β-unsaturated/α-hetero) is 1. The van der Waals surface area contributed by atoms with Gasteiger partial charge >= 0.3 is 0 Å². The van der Waals surface area contributed by atoms with E-state index in [1.54, 1.807) is 6.92 Å². The van der Waals surface area contributed by atoms with Gasteiger partial charge < -0.3 is 4.74 Å². The summed E-state index contributed by atoms with van der Waals surface area (Å²) in [5, 5.41) is 0. The summed E-state index contributed by atoms with van der Waals surface area (Å²) in [6, 6.07) is 7.89. The molecule has 0 fully saturated rings. The Morgan fingerprint density at radius 3 is 2.53 bits per heavy atom. The molecule has 2 nitrogen and oxygen atoms in total. The van der Waals surface area contributed by atoms with Crippen LogP contribution in [0.5, 0.6) is 0 Å². The third kappa shape index (κ3) is 4.14. The van der Waals surface area contributed by atoms with Gasteiger partial charge in [-0.05, 0) is 24.6 Å². The van der Waals surface area contributed by atoms with Gasteiger partial charge in [0.1, 0.15) is 6.10 Å². The highest BCUT2D eigenvalue weighted by molar-refractivity contribution is 9.10. The summed E-state index contributed by atoms with van der Waals surface area (Å²) in [6.45, 7) is 4.13. The second kappa shape index (κ2) is 6.03. The highest BCUT2D eigenvalue weighted by atomic mass is 79.9. The molecule has 0 aromatic heterocycles. The van der Waals surface area contributed by atoms with Crippen LogP contribution in [0.15, 0.2) is 28.7 Å². The van der Waals surface area contributed by atoms with Crippen molar-refractivity contribution in [2.24, 2.45) is 0 Å². The first kappa shape index (κ1) is 12.4. The third-order valence-electron chi connectivity index (χ3n) is 2.22. The average molecular weight is 271 g/mol. The molecule has 0 aliphatic carbocycles. The lowest BCUT2D eigenvalue weighted by atomic mass is 10.2. The van der Waals surface area contributed by atoms with Crippen molar-refractivity contribution in [2.75, 3.05) is 0 Å². The van der Waals surface area contributed by atoms with Crippen molar-refractivity contribution in [1.82, 2.24) is 0 Å². The van der Waals surface area contributed by atoms with Gasteiger partial charge in [0.25, 0.3) is 0 Å². The van der Waals surface area contributed by atoms with Gasteiger partial charge in [0.05, 0.1) is 6.61 Å². The molecule has 82 valence electrons. The van der Waals surface area contributed by atoms with E-state index < -0.39 is 0 Å². The lowest BCUT2D eigenvalue weighted by molar-refractivity contribution is -0.129. The van der Waals surface area contributed by atoms with Gasteiger partial charge in [-0.1, -0.05) is 35.0 Å². The number of hydrogen-bond donors (Lipinski definition) is 0. The van der Waals surface area contributed by atoms with Gasteiger partial charge in [0.15, 0.2) is 5.78 Å². The average Bonchev–Trinajstić information content (AvgIpc) is 2.26. The van der Waals surface area contributed by atoms with Crippen molar-refractivity contribution in [3.05, 3.63) is 34.3 Å². The van der Waals surface area contributed by atoms with Crippen molar-refractivity contribution in [2.45, 2.75) is 33.0 Å². The van der Waals surface area contributed by atoms with Crippen molar-refractivity contribution >= 4 is 21.7 Å². The summed E-state index contributed by atoms with van der Waals surface area (Å²) in [5.74, 6) is 0.145. The first-order valence-electron chi connectivity index (χ1n) is 5.02. The Hall–Kier alpha value is -0.670. The van der Waals surface area contributed by atoms with Gasteiger partial charge in [0.2, 0.25) is 0 Å². The van der Waals surface area contributed by atoms with E-state index in [-0.39, 0.29) is 11.9 Å². The van der Waals surface area contributed by atoms with E-state index in [2.05, 4.69) is 15.9 Å². The lowest BCUT2D eigenvalue weighted by Gasteiger charge is -2.10. The van der Waals surface area contributed by atoms with Gasteiger partial charge in [-0.15, -0.1) is 0 Å². The topological polar surface area (TPSA) is 26.3 Å².